The number of rotatable bonds is 8. The Hall–Kier alpha value is -2.67. The topological polar surface area (TPSA) is 67.8 Å². The molecule has 0 unspecified atom stereocenters. The molecule has 6 heteroatoms. The molecule has 0 spiro atoms. The zero-order valence-corrected chi connectivity index (χ0v) is 18.3. The summed E-state index contributed by atoms with van der Waals surface area (Å²) >= 11 is 1.70. The number of carbonyl (C=O) groups excluding carboxylic acids is 1. The fourth-order valence-corrected chi connectivity index (χ4v) is 5.10. The molecule has 0 aliphatic carbocycles. The largest absolute Gasteiger partial charge is 0.459 e. The van der Waals surface area contributed by atoms with Crippen molar-refractivity contribution in [2.75, 3.05) is 18.5 Å². The highest BCUT2D eigenvalue weighted by molar-refractivity contribution is 7.17. The highest BCUT2D eigenvalue weighted by Gasteiger charge is 2.38. The Kier molecular flexibility index (Phi) is 7.02. The van der Waals surface area contributed by atoms with Gasteiger partial charge in [0.1, 0.15) is 0 Å². The molecule has 1 amide bonds. The summed E-state index contributed by atoms with van der Waals surface area (Å²) in [5, 5.41) is 15.7. The predicted octanol–water partition coefficient (Wildman–Crippen LogP) is 5.29. The average molecular weight is 438 g/mol. The van der Waals surface area contributed by atoms with Gasteiger partial charge in [0.05, 0.1) is 0 Å². The summed E-state index contributed by atoms with van der Waals surface area (Å²) in [6, 6.07) is 17.6. The van der Waals surface area contributed by atoms with Gasteiger partial charge in [0.2, 0.25) is 6.29 Å². The molecule has 0 bridgehead atoms. The van der Waals surface area contributed by atoms with Gasteiger partial charge < -0.3 is 19.9 Å². The van der Waals surface area contributed by atoms with Crippen LogP contribution in [-0.2, 0) is 14.3 Å². The first-order chi connectivity index (χ1) is 15.2. The maximum Gasteiger partial charge on any atom is 0.290 e. The number of nitrogens with one attached hydrogen (secondary N) is 1. The van der Waals surface area contributed by atoms with Crippen LogP contribution in [-0.4, -0.2) is 30.5 Å². The Bertz CT molecular complexity index is 1050. The summed E-state index contributed by atoms with van der Waals surface area (Å²) in [5.41, 5.74) is 1.88. The Morgan fingerprint density at radius 1 is 1.16 bits per heavy atom. The zero-order valence-electron chi connectivity index (χ0n) is 17.5. The SMILES string of the molecule is CCO[C@H]1OC(C(=O)Nc2ccccc2)=C[C@@H](c2csc3ccccc23)[C@@H]1CCCO. The summed E-state index contributed by atoms with van der Waals surface area (Å²) in [5.74, 6) is -0.0771. The number of benzene rings is 2. The number of hydrogen-bond donors (Lipinski definition) is 2. The van der Waals surface area contributed by atoms with E-state index in [-0.39, 0.29) is 30.1 Å². The maximum atomic E-state index is 13.0. The quantitative estimate of drug-likeness (QED) is 0.503. The van der Waals surface area contributed by atoms with E-state index in [1.807, 2.05) is 55.5 Å². The van der Waals surface area contributed by atoms with Crippen molar-refractivity contribution in [1.29, 1.82) is 0 Å². The summed E-state index contributed by atoms with van der Waals surface area (Å²) in [6.45, 7) is 2.51. The molecule has 1 aliphatic rings. The van der Waals surface area contributed by atoms with E-state index < -0.39 is 6.29 Å². The van der Waals surface area contributed by atoms with E-state index in [0.717, 1.165) is 6.42 Å². The third-order valence-electron chi connectivity index (χ3n) is 5.54. The minimum atomic E-state index is -0.554. The number of amides is 1. The van der Waals surface area contributed by atoms with Gasteiger partial charge in [0.25, 0.3) is 5.91 Å². The van der Waals surface area contributed by atoms with Gasteiger partial charge in [0, 0.05) is 35.4 Å². The molecule has 31 heavy (non-hydrogen) atoms. The van der Waals surface area contributed by atoms with Crippen LogP contribution >= 0.6 is 11.3 Å². The van der Waals surface area contributed by atoms with E-state index in [4.69, 9.17) is 9.47 Å². The van der Waals surface area contributed by atoms with Crippen LogP contribution in [0.15, 0.2) is 71.8 Å². The van der Waals surface area contributed by atoms with Gasteiger partial charge in [-0.3, -0.25) is 4.79 Å². The van der Waals surface area contributed by atoms with Gasteiger partial charge in [-0.25, -0.2) is 0 Å². The van der Waals surface area contributed by atoms with Crippen LogP contribution in [0.2, 0.25) is 0 Å². The van der Waals surface area contributed by atoms with E-state index in [9.17, 15) is 9.90 Å². The van der Waals surface area contributed by atoms with Crippen LogP contribution < -0.4 is 5.32 Å². The van der Waals surface area contributed by atoms with Gasteiger partial charge in [0.15, 0.2) is 5.76 Å². The number of aliphatic hydroxyl groups is 1. The Morgan fingerprint density at radius 2 is 1.94 bits per heavy atom. The van der Waals surface area contributed by atoms with E-state index >= 15 is 0 Å². The first kappa shape index (κ1) is 21.6. The molecule has 0 fully saturated rings. The molecule has 162 valence electrons. The zero-order chi connectivity index (χ0) is 21.6. The minimum Gasteiger partial charge on any atom is -0.459 e. The van der Waals surface area contributed by atoms with Crippen molar-refractivity contribution in [2.24, 2.45) is 5.92 Å². The van der Waals surface area contributed by atoms with Gasteiger partial charge in [-0.15, -0.1) is 11.3 Å². The normalized spacial score (nSPS) is 20.8. The lowest BCUT2D eigenvalue weighted by Crippen LogP contribution is -2.37. The minimum absolute atomic E-state index is 0.00150. The molecule has 2 N–H and O–H groups in total. The number of fused-ring (bicyclic) bond motifs is 1. The summed E-state index contributed by atoms with van der Waals surface area (Å²) in [7, 11) is 0. The number of thiophene rings is 1. The lowest BCUT2D eigenvalue weighted by atomic mass is 9.80. The second kappa shape index (κ2) is 10.1. The van der Waals surface area contributed by atoms with Gasteiger partial charge in [-0.05, 0) is 60.4 Å². The smallest absolute Gasteiger partial charge is 0.290 e. The van der Waals surface area contributed by atoms with Crippen molar-refractivity contribution in [1.82, 2.24) is 0 Å². The summed E-state index contributed by atoms with van der Waals surface area (Å²) < 4.78 is 13.2. The number of allylic oxidation sites excluding steroid dienone is 1. The highest BCUT2D eigenvalue weighted by atomic mass is 32.1. The first-order valence-electron chi connectivity index (χ1n) is 10.6. The second-order valence-electron chi connectivity index (χ2n) is 7.54. The van der Waals surface area contributed by atoms with E-state index in [1.165, 1.54) is 15.6 Å². The van der Waals surface area contributed by atoms with Crippen LogP contribution in [0.1, 0.15) is 31.2 Å². The maximum absolute atomic E-state index is 13.0. The Labute approximate surface area is 186 Å². The Balaban J connectivity index is 1.72. The molecule has 3 aromatic rings. The second-order valence-corrected chi connectivity index (χ2v) is 8.45. The van der Waals surface area contributed by atoms with Crippen LogP contribution in [0.4, 0.5) is 5.69 Å². The van der Waals surface area contributed by atoms with Crippen molar-refractivity contribution in [3.8, 4) is 0 Å². The van der Waals surface area contributed by atoms with E-state index in [2.05, 4.69) is 22.8 Å². The van der Waals surface area contributed by atoms with Crippen LogP contribution in [0, 0.1) is 5.92 Å². The molecule has 0 radical (unpaired) electrons. The van der Waals surface area contributed by atoms with Crippen molar-refractivity contribution in [3.05, 3.63) is 77.4 Å². The third kappa shape index (κ3) is 4.82. The van der Waals surface area contributed by atoms with Gasteiger partial charge in [-0.1, -0.05) is 36.4 Å². The predicted molar refractivity (Wildman–Crippen MR) is 124 cm³/mol. The molecule has 1 aliphatic heterocycles. The number of hydrogen-bond acceptors (Lipinski definition) is 5. The van der Waals surface area contributed by atoms with E-state index in [1.54, 1.807) is 11.3 Å². The number of carbonyl (C=O) groups is 1. The number of para-hydroxylation sites is 1. The standard InChI is InChI=1S/C25H27NO4S/c1-2-29-25-19(12-8-14-27)20(21-16-31-23-13-7-6-11-18(21)23)15-22(30-25)24(28)26-17-9-4-3-5-10-17/h3-7,9-11,13,15-16,19-20,25,27H,2,8,12,14H2,1H3,(H,26,28)/t19-,20+,25-/m0/s1. The van der Waals surface area contributed by atoms with Crippen molar-refractivity contribution in [2.45, 2.75) is 32.0 Å². The molecular weight excluding hydrogens is 410 g/mol. The third-order valence-corrected chi connectivity index (χ3v) is 6.52. The average Bonchev–Trinajstić information content (AvgIpc) is 3.22. The van der Waals surface area contributed by atoms with Crippen molar-refractivity contribution < 1.29 is 19.4 Å². The van der Waals surface area contributed by atoms with Gasteiger partial charge >= 0.3 is 0 Å². The molecule has 1 aromatic heterocycles. The highest BCUT2D eigenvalue weighted by Crippen LogP contribution is 2.43. The Morgan fingerprint density at radius 3 is 2.71 bits per heavy atom. The lowest BCUT2D eigenvalue weighted by molar-refractivity contribution is -0.164. The van der Waals surface area contributed by atoms with Crippen molar-refractivity contribution in [3.63, 3.8) is 0 Å². The molecule has 5 nitrogen and oxygen atoms in total. The lowest BCUT2D eigenvalue weighted by Gasteiger charge is -2.36. The fourth-order valence-electron chi connectivity index (χ4n) is 4.09. The fraction of sp³-hybridized carbons (Fsp3) is 0.320. The van der Waals surface area contributed by atoms with Crippen LogP contribution in [0.25, 0.3) is 10.1 Å². The van der Waals surface area contributed by atoms with E-state index in [0.29, 0.717) is 18.7 Å². The summed E-state index contributed by atoms with van der Waals surface area (Å²) in [4.78, 5) is 13.0. The summed E-state index contributed by atoms with van der Waals surface area (Å²) in [6.07, 6.45) is 2.75. The number of ether oxygens (including phenoxy) is 2. The molecule has 2 aromatic carbocycles. The molecule has 0 saturated carbocycles. The van der Waals surface area contributed by atoms with Crippen LogP contribution in [0.5, 0.6) is 0 Å². The molecule has 4 rings (SSSR count). The first-order valence-corrected chi connectivity index (χ1v) is 11.5. The molecule has 2 heterocycles. The molecule has 0 saturated heterocycles. The number of aliphatic hydroxyl groups excluding tert-OH is 1. The van der Waals surface area contributed by atoms with Crippen molar-refractivity contribution >= 4 is 33.0 Å². The van der Waals surface area contributed by atoms with Gasteiger partial charge in [-0.2, -0.15) is 0 Å². The molecule has 3 atom stereocenters. The molecular formula is C25H27NO4S. The number of anilines is 1. The van der Waals surface area contributed by atoms with Crippen LogP contribution in [0.3, 0.4) is 0 Å². The monoisotopic (exact) mass is 437 g/mol.